The summed E-state index contributed by atoms with van der Waals surface area (Å²) in [6.07, 6.45) is 1.58. The van der Waals surface area contributed by atoms with E-state index >= 15 is 0 Å². The van der Waals surface area contributed by atoms with E-state index in [4.69, 9.17) is 5.11 Å². The van der Waals surface area contributed by atoms with Gasteiger partial charge in [-0.15, -0.1) is 11.8 Å². The van der Waals surface area contributed by atoms with Crippen LogP contribution in [0.25, 0.3) is 6.08 Å². The van der Waals surface area contributed by atoms with Crippen LogP contribution in [0.2, 0.25) is 0 Å². The number of rotatable bonds is 10. The van der Waals surface area contributed by atoms with E-state index in [9.17, 15) is 24.3 Å². The second-order valence-electron chi connectivity index (χ2n) is 8.79. The molecule has 3 amide bonds. The predicted molar refractivity (Wildman–Crippen MR) is 166 cm³/mol. The molecular formula is C31H24BrN3O6S. The van der Waals surface area contributed by atoms with Crippen molar-refractivity contribution in [1.82, 2.24) is 5.32 Å². The van der Waals surface area contributed by atoms with Crippen molar-refractivity contribution in [3.63, 3.8) is 0 Å². The summed E-state index contributed by atoms with van der Waals surface area (Å²) in [6.45, 7) is 0. The van der Waals surface area contributed by atoms with Gasteiger partial charge in [0, 0.05) is 26.3 Å². The Labute approximate surface area is 253 Å². The van der Waals surface area contributed by atoms with Crippen molar-refractivity contribution in [2.24, 2.45) is 0 Å². The number of aromatic carboxylic acids is 1. The molecule has 0 saturated heterocycles. The number of carbonyl (C=O) groups excluding carboxylic acids is 3. The molecule has 0 aliphatic heterocycles. The molecular weight excluding hydrogens is 622 g/mol. The largest absolute Gasteiger partial charge is 0.507 e. The summed E-state index contributed by atoms with van der Waals surface area (Å²) in [5.41, 5.74) is 1.58. The number of hydrogen-bond acceptors (Lipinski definition) is 6. The zero-order valence-corrected chi connectivity index (χ0v) is 24.2. The number of amides is 3. The van der Waals surface area contributed by atoms with E-state index in [0.29, 0.717) is 16.8 Å². The van der Waals surface area contributed by atoms with Crippen LogP contribution in [0.3, 0.4) is 0 Å². The summed E-state index contributed by atoms with van der Waals surface area (Å²) >= 11 is 4.65. The Hall–Kier alpha value is -4.87. The molecule has 0 spiro atoms. The Morgan fingerprint density at radius 3 is 2.21 bits per heavy atom. The average Bonchev–Trinajstić information content (AvgIpc) is 2.97. The minimum absolute atomic E-state index is 0.0417. The van der Waals surface area contributed by atoms with Gasteiger partial charge < -0.3 is 26.2 Å². The molecule has 42 heavy (non-hydrogen) atoms. The summed E-state index contributed by atoms with van der Waals surface area (Å²) in [5, 5.41) is 26.8. The summed E-state index contributed by atoms with van der Waals surface area (Å²) in [7, 11) is 0. The maximum Gasteiger partial charge on any atom is 0.339 e. The number of carboxylic acid groups (broad SMARTS) is 1. The van der Waals surface area contributed by atoms with Crippen molar-refractivity contribution in [2.75, 3.05) is 16.4 Å². The van der Waals surface area contributed by atoms with Gasteiger partial charge in [-0.05, 0) is 78.4 Å². The number of anilines is 2. The summed E-state index contributed by atoms with van der Waals surface area (Å²) in [4.78, 5) is 50.3. The van der Waals surface area contributed by atoms with Crippen molar-refractivity contribution in [3.05, 3.63) is 124 Å². The van der Waals surface area contributed by atoms with Gasteiger partial charge in [0.2, 0.25) is 5.91 Å². The summed E-state index contributed by atoms with van der Waals surface area (Å²) < 4.78 is 0.820. The second kappa shape index (κ2) is 14.2. The van der Waals surface area contributed by atoms with E-state index in [-0.39, 0.29) is 28.6 Å². The highest BCUT2D eigenvalue weighted by molar-refractivity contribution is 9.10. The number of phenols is 1. The fraction of sp³-hybridized carbons (Fsp3) is 0.0323. The number of carboxylic acids is 1. The van der Waals surface area contributed by atoms with Crippen LogP contribution in [-0.4, -0.2) is 39.7 Å². The molecule has 0 atom stereocenters. The number of aromatic hydroxyl groups is 1. The zero-order valence-electron chi connectivity index (χ0n) is 21.8. The van der Waals surface area contributed by atoms with Crippen LogP contribution in [-0.2, 0) is 9.59 Å². The number of hydrogen-bond donors (Lipinski definition) is 5. The third-order valence-corrected chi connectivity index (χ3v) is 7.19. The van der Waals surface area contributed by atoms with E-state index in [1.165, 1.54) is 30.0 Å². The normalized spacial score (nSPS) is 10.9. The van der Waals surface area contributed by atoms with Gasteiger partial charge in [0.1, 0.15) is 17.0 Å². The molecule has 0 aliphatic carbocycles. The topological polar surface area (TPSA) is 145 Å². The third-order valence-electron chi connectivity index (χ3n) is 5.68. The minimum Gasteiger partial charge on any atom is -0.507 e. The first-order valence-corrected chi connectivity index (χ1v) is 14.2. The van der Waals surface area contributed by atoms with Gasteiger partial charge in [-0.25, -0.2) is 4.79 Å². The molecule has 0 heterocycles. The van der Waals surface area contributed by atoms with Crippen molar-refractivity contribution >= 4 is 68.8 Å². The Morgan fingerprint density at radius 2 is 1.52 bits per heavy atom. The smallest absolute Gasteiger partial charge is 0.339 e. The number of nitrogens with one attached hydrogen (secondary N) is 3. The Kier molecular flexibility index (Phi) is 10.1. The van der Waals surface area contributed by atoms with Gasteiger partial charge >= 0.3 is 5.97 Å². The molecule has 212 valence electrons. The fourth-order valence-corrected chi connectivity index (χ4v) is 4.78. The van der Waals surface area contributed by atoms with Crippen LogP contribution in [0.5, 0.6) is 5.75 Å². The van der Waals surface area contributed by atoms with Gasteiger partial charge in [0.15, 0.2) is 0 Å². The lowest BCUT2D eigenvalue weighted by atomic mass is 10.1. The highest BCUT2D eigenvalue weighted by Crippen LogP contribution is 2.24. The number of halogens is 1. The van der Waals surface area contributed by atoms with Crippen LogP contribution in [0.15, 0.2) is 112 Å². The monoisotopic (exact) mass is 645 g/mol. The summed E-state index contributed by atoms with van der Waals surface area (Å²) in [5.74, 6) is -2.97. The second-order valence-corrected chi connectivity index (χ2v) is 10.8. The summed E-state index contributed by atoms with van der Waals surface area (Å²) in [6, 6.07) is 26.5. The molecule has 0 fully saturated rings. The Bertz CT molecular complexity index is 1660. The van der Waals surface area contributed by atoms with Crippen LogP contribution in [0.4, 0.5) is 11.4 Å². The van der Waals surface area contributed by atoms with Crippen molar-refractivity contribution in [3.8, 4) is 5.75 Å². The standard InChI is InChI=1S/C31H24BrN3O6S/c32-21-8-4-5-19(15-21)16-26(35-29(38)20-6-2-1-3-7-20)30(39)34-22-9-12-24(13-10-22)42-18-28(37)33-23-11-14-27(36)25(17-23)31(40)41/h1-17,36H,18H2,(H,33,37)(H,34,39)(H,35,38)(H,40,41)/b26-16-. The van der Waals surface area contributed by atoms with E-state index in [0.717, 1.165) is 9.37 Å². The maximum atomic E-state index is 13.2. The average molecular weight is 647 g/mol. The highest BCUT2D eigenvalue weighted by atomic mass is 79.9. The molecule has 9 nitrogen and oxygen atoms in total. The lowest BCUT2D eigenvalue weighted by molar-refractivity contribution is -0.114. The molecule has 0 aromatic heterocycles. The SMILES string of the molecule is O=C(CSc1ccc(NC(=O)/C(=C/c2cccc(Br)c2)NC(=O)c2ccccc2)cc1)Nc1ccc(O)c(C(=O)O)c1. The van der Waals surface area contributed by atoms with E-state index in [1.54, 1.807) is 60.7 Å². The molecule has 4 aromatic rings. The first kappa shape index (κ1) is 30.1. The van der Waals surface area contributed by atoms with E-state index in [1.807, 2.05) is 24.3 Å². The lowest BCUT2D eigenvalue weighted by Gasteiger charge is -2.12. The van der Waals surface area contributed by atoms with Gasteiger partial charge in [0.05, 0.1) is 5.75 Å². The highest BCUT2D eigenvalue weighted by Gasteiger charge is 2.16. The molecule has 0 radical (unpaired) electrons. The zero-order chi connectivity index (χ0) is 30.1. The maximum absolute atomic E-state index is 13.2. The number of thioether (sulfide) groups is 1. The van der Waals surface area contributed by atoms with Crippen molar-refractivity contribution in [2.45, 2.75) is 4.90 Å². The predicted octanol–water partition coefficient (Wildman–Crippen LogP) is 5.99. The first-order chi connectivity index (χ1) is 20.2. The molecule has 0 unspecified atom stereocenters. The van der Waals surface area contributed by atoms with Crippen LogP contribution >= 0.6 is 27.7 Å². The molecule has 4 aromatic carbocycles. The van der Waals surface area contributed by atoms with Crippen molar-refractivity contribution in [1.29, 1.82) is 0 Å². The van der Waals surface area contributed by atoms with Crippen LogP contribution < -0.4 is 16.0 Å². The first-order valence-electron chi connectivity index (χ1n) is 12.4. The molecule has 5 N–H and O–H groups in total. The van der Waals surface area contributed by atoms with Crippen LogP contribution in [0, 0.1) is 0 Å². The Morgan fingerprint density at radius 1 is 0.810 bits per heavy atom. The lowest BCUT2D eigenvalue weighted by Crippen LogP contribution is -2.30. The molecule has 11 heteroatoms. The van der Waals surface area contributed by atoms with E-state index in [2.05, 4.69) is 31.9 Å². The third kappa shape index (κ3) is 8.56. The van der Waals surface area contributed by atoms with E-state index < -0.39 is 23.5 Å². The van der Waals surface area contributed by atoms with Crippen molar-refractivity contribution < 1.29 is 29.4 Å². The number of benzene rings is 4. The Balaban J connectivity index is 1.39. The quantitative estimate of drug-likeness (QED) is 0.0809. The molecule has 0 aliphatic rings. The minimum atomic E-state index is -1.31. The molecule has 4 rings (SSSR count). The van der Waals surface area contributed by atoms with Gasteiger partial charge in [-0.2, -0.15) is 0 Å². The molecule has 0 bridgehead atoms. The van der Waals surface area contributed by atoms with Crippen LogP contribution in [0.1, 0.15) is 26.3 Å². The van der Waals surface area contributed by atoms with Gasteiger partial charge in [-0.1, -0.05) is 46.3 Å². The van der Waals surface area contributed by atoms with Gasteiger partial charge in [-0.3, -0.25) is 14.4 Å². The molecule has 0 saturated carbocycles. The number of carbonyl (C=O) groups is 4. The fourth-order valence-electron chi connectivity index (χ4n) is 3.67. The van der Waals surface area contributed by atoms with Gasteiger partial charge in [0.25, 0.3) is 11.8 Å².